The van der Waals surface area contributed by atoms with Gasteiger partial charge in [-0.05, 0) is 37.2 Å². The number of Topliss-reactive ketones (excluding diaryl/α,β-unsaturated/α-hetero) is 1. The van der Waals surface area contributed by atoms with E-state index in [1.165, 1.54) is 0 Å². The molecular formula is C18H24O5. The van der Waals surface area contributed by atoms with E-state index < -0.39 is 17.2 Å². The SMILES string of the molecule is CCOC(=O)C12C(=O)[C@@H]3C[C@H](C1C=CC21OCCCO1)C3(C)C. The van der Waals surface area contributed by atoms with Crippen LogP contribution in [0.2, 0.25) is 0 Å². The maximum Gasteiger partial charge on any atom is 0.326 e. The highest BCUT2D eigenvalue weighted by molar-refractivity contribution is 6.09. The Bertz CT molecular complexity index is 586. The number of esters is 1. The van der Waals surface area contributed by atoms with Gasteiger partial charge in [-0.1, -0.05) is 19.9 Å². The first kappa shape index (κ1) is 15.3. The number of rotatable bonds is 2. The zero-order valence-corrected chi connectivity index (χ0v) is 14.0. The topological polar surface area (TPSA) is 61.8 Å². The molecular weight excluding hydrogens is 296 g/mol. The Morgan fingerprint density at radius 1 is 1.35 bits per heavy atom. The molecule has 5 rings (SSSR count). The van der Waals surface area contributed by atoms with Crippen molar-refractivity contribution in [3.8, 4) is 0 Å². The van der Waals surface area contributed by atoms with E-state index in [0.717, 1.165) is 12.8 Å². The maximum absolute atomic E-state index is 13.5. The van der Waals surface area contributed by atoms with Crippen LogP contribution >= 0.6 is 0 Å². The fourth-order valence-corrected chi connectivity index (χ4v) is 5.29. The van der Waals surface area contributed by atoms with Crippen LogP contribution in [0.5, 0.6) is 0 Å². The molecule has 2 bridgehead atoms. The van der Waals surface area contributed by atoms with Crippen LogP contribution < -0.4 is 0 Å². The predicted octanol–water partition coefficient (Wildman–Crippen LogP) is 2.10. The molecule has 5 aliphatic rings. The zero-order chi connectivity index (χ0) is 16.5. The van der Waals surface area contributed by atoms with Crippen molar-refractivity contribution in [3.05, 3.63) is 12.2 Å². The Hall–Kier alpha value is -1.20. The van der Waals surface area contributed by atoms with Gasteiger partial charge in [-0.25, -0.2) is 0 Å². The van der Waals surface area contributed by atoms with Crippen LogP contribution in [0.15, 0.2) is 12.2 Å². The summed E-state index contributed by atoms with van der Waals surface area (Å²) in [6.07, 6.45) is 5.40. The molecule has 0 aromatic rings. The molecule has 1 heterocycles. The van der Waals surface area contributed by atoms with Crippen molar-refractivity contribution in [2.24, 2.45) is 28.6 Å². The Kier molecular flexibility index (Phi) is 3.11. The van der Waals surface area contributed by atoms with Crippen molar-refractivity contribution in [3.63, 3.8) is 0 Å². The summed E-state index contributed by atoms with van der Waals surface area (Å²) < 4.78 is 17.2. The molecule has 5 heteroatoms. The van der Waals surface area contributed by atoms with Gasteiger partial charge in [0.25, 0.3) is 0 Å². The van der Waals surface area contributed by atoms with Crippen LogP contribution in [0.4, 0.5) is 0 Å². The summed E-state index contributed by atoms with van der Waals surface area (Å²) in [5.41, 5.74) is -1.44. The smallest absolute Gasteiger partial charge is 0.326 e. The lowest BCUT2D eigenvalue weighted by atomic mass is 9.38. The van der Waals surface area contributed by atoms with Crippen LogP contribution in [0.3, 0.4) is 0 Å². The average Bonchev–Trinajstić information content (AvgIpc) is 2.84. The third-order valence-corrected chi connectivity index (χ3v) is 6.57. The molecule has 1 aliphatic heterocycles. The number of hydrogen-bond donors (Lipinski definition) is 0. The molecule has 0 aromatic heterocycles. The largest absolute Gasteiger partial charge is 0.465 e. The van der Waals surface area contributed by atoms with E-state index in [-0.39, 0.29) is 35.6 Å². The number of allylic oxidation sites excluding steroid dienone is 1. The lowest BCUT2D eigenvalue weighted by Gasteiger charge is -2.64. The molecule has 2 unspecified atom stereocenters. The average molecular weight is 320 g/mol. The summed E-state index contributed by atoms with van der Waals surface area (Å²) >= 11 is 0. The van der Waals surface area contributed by atoms with E-state index in [1.807, 2.05) is 12.2 Å². The zero-order valence-electron chi connectivity index (χ0n) is 14.0. The van der Waals surface area contributed by atoms with Gasteiger partial charge < -0.3 is 14.2 Å². The van der Waals surface area contributed by atoms with E-state index >= 15 is 0 Å². The summed E-state index contributed by atoms with van der Waals surface area (Å²) in [5.74, 6) is -1.86. The van der Waals surface area contributed by atoms with Crippen molar-refractivity contribution in [2.75, 3.05) is 19.8 Å². The van der Waals surface area contributed by atoms with Crippen molar-refractivity contribution in [2.45, 2.75) is 39.4 Å². The standard InChI is InChI=1S/C18H24O5/c1-4-21-15(20)18-11(6-7-17(18)22-8-5-9-23-17)12-10-13(14(18)19)16(12,2)3/h6-7,11-13H,4-5,8-10H2,1-3H3/t11?,12-,13+,18?/m1/s1. The first-order chi connectivity index (χ1) is 10.9. The normalized spacial score (nSPS) is 42.2. The lowest BCUT2D eigenvalue weighted by molar-refractivity contribution is -0.304. The Labute approximate surface area is 136 Å². The maximum atomic E-state index is 13.5. The molecule has 4 atom stereocenters. The number of carbonyl (C=O) groups is 2. The summed E-state index contributed by atoms with van der Waals surface area (Å²) in [6.45, 7) is 7.24. The second kappa shape index (κ2) is 4.67. The van der Waals surface area contributed by atoms with Crippen LogP contribution in [0.25, 0.3) is 0 Å². The molecule has 3 saturated carbocycles. The number of hydrogen-bond acceptors (Lipinski definition) is 5. The summed E-state index contributed by atoms with van der Waals surface area (Å²) in [4.78, 5) is 26.5. The number of ether oxygens (including phenoxy) is 3. The second-order valence-corrected chi connectivity index (χ2v) is 7.71. The van der Waals surface area contributed by atoms with Gasteiger partial charge in [0, 0.05) is 11.8 Å². The molecule has 4 aliphatic carbocycles. The van der Waals surface area contributed by atoms with Crippen LogP contribution in [-0.2, 0) is 23.8 Å². The minimum Gasteiger partial charge on any atom is -0.465 e. The van der Waals surface area contributed by atoms with E-state index in [2.05, 4.69) is 13.8 Å². The van der Waals surface area contributed by atoms with Gasteiger partial charge in [0.15, 0.2) is 11.2 Å². The molecule has 0 radical (unpaired) electrons. The minimum atomic E-state index is -1.35. The molecule has 23 heavy (non-hydrogen) atoms. The van der Waals surface area contributed by atoms with Crippen molar-refractivity contribution >= 4 is 11.8 Å². The second-order valence-electron chi connectivity index (χ2n) is 7.71. The fourth-order valence-electron chi connectivity index (χ4n) is 5.29. The van der Waals surface area contributed by atoms with Crippen LogP contribution in [0, 0.1) is 28.6 Å². The van der Waals surface area contributed by atoms with Crippen LogP contribution in [0.1, 0.15) is 33.6 Å². The molecule has 4 fully saturated rings. The fraction of sp³-hybridized carbons (Fsp3) is 0.778. The van der Waals surface area contributed by atoms with Gasteiger partial charge in [-0.2, -0.15) is 0 Å². The highest BCUT2D eigenvalue weighted by atomic mass is 16.7. The quantitative estimate of drug-likeness (QED) is 0.443. The summed E-state index contributed by atoms with van der Waals surface area (Å²) in [5, 5.41) is 0. The predicted molar refractivity (Wildman–Crippen MR) is 81.3 cm³/mol. The third kappa shape index (κ3) is 1.55. The molecule has 0 N–H and O–H groups in total. The first-order valence-electron chi connectivity index (χ1n) is 8.60. The summed E-state index contributed by atoms with van der Waals surface area (Å²) in [6, 6.07) is 0. The summed E-state index contributed by atoms with van der Waals surface area (Å²) in [7, 11) is 0. The van der Waals surface area contributed by atoms with E-state index in [9.17, 15) is 9.59 Å². The van der Waals surface area contributed by atoms with Gasteiger partial charge in [-0.15, -0.1) is 0 Å². The molecule has 1 saturated heterocycles. The van der Waals surface area contributed by atoms with Crippen molar-refractivity contribution in [1.82, 2.24) is 0 Å². The molecule has 1 spiro atoms. The van der Waals surface area contributed by atoms with Crippen molar-refractivity contribution in [1.29, 1.82) is 0 Å². The highest BCUT2D eigenvalue weighted by Crippen LogP contribution is 2.70. The first-order valence-corrected chi connectivity index (χ1v) is 8.60. The van der Waals surface area contributed by atoms with E-state index in [4.69, 9.17) is 14.2 Å². The lowest BCUT2D eigenvalue weighted by Crippen LogP contribution is -2.73. The minimum absolute atomic E-state index is 0.0552. The van der Waals surface area contributed by atoms with Gasteiger partial charge in [0.1, 0.15) is 0 Å². The van der Waals surface area contributed by atoms with Crippen LogP contribution in [-0.4, -0.2) is 37.4 Å². The monoisotopic (exact) mass is 320 g/mol. The molecule has 0 aromatic carbocycles. The Balaban J connectivity index is 1.86. The van der Waals surface area contributed by atoms with Gasteiger partial charge in [0.05, 0.1) is 19.8 Å². The number of carbonyl (C=O) groups excluding carboxylic acids is 2. The van der Waals surface area contributed by atoms with Gasteiger partial charge >= 0.3 is 5.97 Å². The van der Waals surface area contributed by atoms with Gasteiger partial charge in [0.2, 0.25) is 5.79 Å². The van der Waals surface area contributed by atoms with Crippen molar-refractivity contribution < 1.29 is 23.8 Å². The highest BCUT2D eigenvalue weighted by Gasteiger charge is 2.80. The Morgan fingerprint density at radius 2 is 2.04 bits per heavy atom. The third-order valence-electron chi connectivity index (χ3n) is 6.57. The molecule has 126 valence electrons. The van der Waals surface area contributed by atoms with Gasteiger partial charge in [-0.3, -0.25) is 9.59 Å². The molecule has 0 amide bonds. The number of ketones is 1. The van der Waals surface area contributed by atoms with E-state index in [1.54, 1.807) is 6.92 Å². The molecule has 5 nitrogen and oxygen atoms in total. The Morgan fingerprint density at radius 3 is 2.65 bits per heavy atom. The van der Waals surface area contributed by atoms with E-state index in [0.29, 0.717) is 13.2 Å².